The third kappa shape index (κ3) is 5.34. The lowest BCUT2D eigenvalue weighted by atomic mass is 10.1. The molecule has 0 spiro atoms. The van der Waals surface area contributed by atoms with Gasteiger partial charge >= 0.3 is 0 Å². The predicted octanol–water partition coefficient (Wildman–Crippen LogP) is 2.82. The van der Waals surface area contributed by atoms with E-state index in [-0.39, 0.29) is 36.9 Å². The number of hydrogen-bond donors (Lipinski definition) is 1. The molecule has 0 saturated heterocycles. The molecule has 0 radical (unpaired) electrons. The van der Waals surface area contributed by atoms with Gasteiger partial charge in [0.25, 0.3) is 0 Å². The fourth-order valence-corrected chi connectivity index (χ4v) is 2.30. The zero-order valence-corrected chi connectivity index (χ0v) is 13.6. The smallest absolute Gasteiger partial charge is 0.224 e. The molecule has 0 unspecified atom stereocenters. The van der Waals surface area contributed by atoms with Gasteiger partial charge in [0.15, 0.2) is 0 Å². The second-order valence-corrected chi connectivity index (χ2v) is 5.42. The van der Waals surface area contributed by atoms with Gasteiger partial charge in [0, 0.05) is 26.1 Å². The molecule has 0 aliphatic rings. The lowest BCUT2D eigenvalue weighted by Gasteiger charge is -2.22. The van der Waals surface area contributed by atoms with Crippen molar-refractivity contribution < 1.29 is 22.8 Å². The maximum absolute atomic E-state index is 13.8. The minimum absolute atomic E-state index is 0.0348. The fourth-order valence-electron chi connectivity index (χ4n) is 2.30. The normalized spacial score (nSPS) is 10.4. The summed E-state index contributed by atoms with van der Waals surface area (Å²) in [7, 11) is 0. The van der Waals surface area contributed by atoms with E-state index in [0.717, 1.165) is 11.0 Å². The maximum atomic E-state index is 13.8. The topological polar surface area (TPSA) is 49.4 Å². The summed E-state index contributed by atoms with van der Waals surface area (Å²) < 4.78 is 39.6. The second-order valence-electron chi connectivity index (χ2n) is 5.42. The summed E-state index contributed by atoms with van der Waals surface area (Å²) in [5.74, 6) is -2.72. The van der Waals surface area contributed by atoms with E-state index >= 15 is 0 Å². The quantitative estimate of drug-likeness (QED) is 0.871. The largest absolute Gasteiger partial charge is 0.354 e. The number of carbonyl (C=O) groups is 2. The number of halogens is 3. The molecule has 2 rings (SSSR count). The summed E-state index contributed by atoms with van der Waals surface area (Å²) in [4.78, 5) is 24.7. The van der Waals surface area contributed by atoms with Crippen LogP contribution in [0.5, 0.6) is 0 Å². The average Bonchev–Trinajstić information content (AvgIpc) is 2.54. The van der Waals surface area contributed by atoms with Gasteiger partial charge in [-0.25, -0.2) is 13.2 Å². The van der Waals surface area contributed by atoms with Crippen LogP contribution in [0.1, 0.15) is 12.5 Å². The highest BCUT2D eigenvalue weighted by atomic mass is 19.1. The molecule has 0 bridgehead atoms. The van der Waals surface area contributed by atoms with Gasteiger partial charge in [0.1, 0.15) is 17.5 Å². The molecule has 0 saturated carbocycles. The molecule has 7 heteroatoms. The summed E-state index contributed by atoms with van der Waals surface area (Å²) in [5.41, 5.74) is 0.591. The summed E-state index contributed by atoms with van der Waals surface area (Å²) >= 11 is 0. The number of nitrogens with one attached hydrogen (secondary N) is 1. The third-order valence-electron chi connectivity index (χ3n) is 3.52. The lowest BCUT2D eigenvalue weighted by Crippen LogP contribution is -2.38. The molecular formula is C18H17F3N2O2. The predicted molar refractivity (Wildman–Crippen MR) is 87.5 cm³/mol. The van der Waals surface area contributed by atoms with E-state index in [2.05, 4.69) is 5.32 Å². The van der Waals surface area contributed by atoms with Crippen LogP contribution in [0.2, 0.25) is 0 Å². The van der Waals surface area contributed by atoms with Gasteiger partial charge in [0.2, 0.25) is 11.8 Å². The summed E-state index contributed by atoms with van der Waals surface area (Å²) in [5, 5.41) is 2.61. The molecule has 132 valence electrons. The molecule has 0 atom stereocenters. The van der Waals surface area contributed by atoms with Crippen LogP contribution in [0.15, 0.2) is 42.5 Å². The molecule has 0 aliphatic heterocycles. The summed E-state index contributed by atoms with van der Waals surface area (Å²) in [6, 6.07) is 8.45. The van der Waals surface area contributed by atoms with Crippen LogP contribution in [0.4, 0.5) is 18.9 Å². The van der Waals surface area contributed by atoms with Crippen molar-refractivity contribution in [1.29, 1.82) is 0 Å². The van der Waals surface area contributed by atoms with Crippen molar-refractivity contribution in [3.05, 3.63) is 65.5 Å². The van der Waals surface area contributed by atoms with Crippen molar-refractivity contribution in [2.75, 3.05) is 18.0 Å². The van der Waals surface area contributed by atoms with Gasteiger partial charge in [-0.15, -0.1) is 0 Å². The zero-order chi connectivity index (χ0) is 18.4. The first-order valence-corrected chi connectivity index (χ1v) is 7.61. The van der Waals surface area contributed by atoms with Crippen molar-refractivity contribution >= 4 is 17.5 Å². The van der Waals surface area contributed by atoms with Crippen LogP contribution in [0.3, 0.4) is 0 Å². The first-order valence-electron chi connectivity index (χ1n) is 7.61. The standard InChI is InChI=1S/C18H17F3N2O2/c1-12(24)23(17-7-6-15(20)11-16(17)21)9-8-22-18(25)10-13-2-4-14(19)5-3-13/h2-7,11H,8-10H2,1H3,(H,22,25). The van der Waals surface area contributed by atoms with E-state index in [1.54, 1.807) is 0 Å². The highest BCUT2D eigenvalue weighted by Crippen LogP contribution is 2.20. The second kappa shape index (κ2) is 8.32. The molecule has 25 heavy (non-hydrogen) atoms. The van der Waals surface area contributed by atoms with Crippen LogP contribution < -0.4 is 10.2 Å². The number of carbonyl (C=O) groups excluding carboxylic acids is 2. The van der Waals surface area contributed by atoms with E-state index < -0.39 is 17.5 Å². The lowest BCUT2D eigenvalue weighted by molar-refractivity contribution is -0.121. The Morgan fingerprint density at radius 2 is 1.64 bits per heavy atom. The van der Waals surface area contributed by atoms with Gasteiger partial charge in [-0.05, 0) is 29.8 Å². The van der Waals surface area contributed by atoms with Crippen molar-refractivity contribution in [2.45, 2.75) is 13.3 Å². The Morgan fingerprint density at radius 3 is 2.24 bits per heavy atom. The molecule has 1 N–H and O–H groups in total. The first-order chi connectivity index (χ1) is 11.9. The number of amides is 2. The Morgan fingerprint density at radius 1 is 1.00 bits per heavy atom. The Labute approximate surface area is 143 Å². The highest BCUT2D eigenvalue weighted by Gasteiger charge is 2.16. The van der Waals surface area contributed by atoms with E-state index in [9.17, 15) is 22.8 Å². The molecule has 0 aliphatic carbocycles. The van der Waals surface area contributed by atoms with E-state index in [1.165, 1.54) is 37.3 Å². The van der Waals surface area contributed by atoms with Crippen molar-refractivity contribution in [3.8, 4) is 0 Å². The van der Waals surface area contributed by atoms with Crippen LogP contribution >= 0.6 is 0 Å². The first kappa shape index (κ1) is 18.5. The van der Waals surface area contributed by atoms with Gasteiger partial charge in [-0.2, -0.15) is 0 Å². The van der Waals surface area contributed by atoms with Crippen LogP contribution in [-0.4, -0.2) is 24.9 Å². The van der Waals surface area contributed by atoms with Gasteiger partial charge in [0.05, 0.1) is 12.1 Å². The molecule has 2 aromatic carbocycles. The maximum Gasteiger partial charge on any atom is 0.224 e. The minimum Gasteiger partial charge on any atom is -0.354 e. The molecule has 4 nitrogen and oxygen atoms in total. The summed E-state index contributed by atoms with van der Waals surface area (Å²) in [6.07, 6.45) is 0.0608. The van der Waals surface area contributed by atoms with Crippen molar-refractivity contribution in [3.63, 3.8) is 0 Å². The van der Waals surface area contributed by atoms with Crippen molar-refractivity contribution in [1.82, 2.24) is 5.32 Å². The van der Waals surface area contributed by atoms with Crippen LogP contribution in [0.25, 0.3) is 0 Å². The molecule has 0 aromatic heterocycles. The Bertz CT molecular complexity index is 763. The highest BCUT2D eigenvalue weighted by molar-refractivity contribution is 5.91. The monoisotopic (exact) mass is 350 g/mol. The van der Waals surface area contributed by atoms with Gasteiger partial charge in [-0.1, -0.05) is 12.1 Å². The zero-order valence-electron chi connectivity index (χ0n) is 13.6. The number of anilines is 1. The fraction of sp³-hybridized carbons (Fsp3) is 0.222. The minimum atomic E-state index is -0.854. The Hall–Kier alpha value is -2.83. The van der Waals surface area contributed by atoms with Gasteiger partial charge < -0.3 is 10.2 Å². The van der Waals surface area contributed by atoms with E-state index in [1.807, 2.05) is 0 Å². The summed E-state index contributed by atoms with van der Waals surface area (Å²) in [6.45, 7) is 1.38. The molecule has 2 amide bonds. The molecule has 0 heterocycles. The third-order valence-corrected chi connectivity index (χ3v) is 3.52. The number of hydrogen-bond acceptors (Lipinski definition) is 2. The van der Waals surface area contributed by atoms with Crippen LogP contribution in [0, 0.1) is 17.5 Å². The molecule has 2 aromatic rings. The van der Waals surface area contributed by atoms with Gasteiger partial charge in [-0.3, -0.25) is 9.59 Å². The SMILES string of the molecule is CC(=O)N(CCNC(=O)Cc1ccc(F)cc1)c1ccc(F)cc1F. The molecular weight excluding hydrogens is 333 g/mol. The van der Waals surface area contributed by atoms with Crippen LogP contribution in [-0.2, 0) is 16.0 Å². The van der Waals surface area contributed by atoms with E-state index in [0.29, 0.717) is 11.6 Å². The van der Waals surface area contributed by atoms with Crippen molar-refractivity contribution in [2.24, 2.45) is 0 Å². The van der Waals surface area contributed by atoms with E-state index in [4.69, 9.17) is 0 Å². The Kier molecular flexibility index (Phi) is 6.16. The Balaban J connectivity index is 1.92. The molecule has 0 fully saturated rings. The number of benzene rings is 2. The number of nitrogens with zero attached hydrogens (tertiary/aromatic N) is 1. The number of rotatable bonds is 6. The average molecular weight is 350 g/mol.